The van der Waals surface area contributed by atoms with E-state index in [1.165, 1.54) is 0 Å². The van der Waals surface area contributed by atoms with Gasteiger partial charge in [-0.05, 0) is 183 Å². The maximum absolute atomic E-state index is 7.29. The molecule has 0 bridgehead atoms. The van der Waals surface area contributed by atoms with E-state index in [2.05, 4.69) is 159 Å². The minimum absolute atomic E-state index is 0.837. The smallest absolute Gasteiger partial charge is 0.177 e. The van der Waals surface area contributed by atoms with Gasteiger partial charge in [0.2, 0.25) is 0 Å². The molecule has 2 unspecified atom stereocenters. The highest BCUT2D eigenvalue weighted by Crippen LogP contribution is 2.56. The fourth-order valence-electron chi connectivity index (χ4n) is 3.65. The molecule has 0 aromatic heterocycles. The maximum Gasteiger partial charge on any atom is 0.177 e. The van der Waals surface area contributed by atoms with E-state index < -0.39 is 9.02 Å². The molecule has 192 valence electrons. The van der Waals surface area contributed by atoms with Crippen molar-refractivity contribution in [3.05, 3.63) is 131 Å². The lowest BCUT2D eigenvalue weighted by atomic mass is 9.97. The summed E-state index contributed by atoms with van der Waals surface area (Å²) in [6.07, 6.45) is 0. The summed E-state index contributed by atoms with van der Waals surface area (Å²) in [5, 5.41) is 0. The van der Waals surface area contributed by atoms with Crippen molar-refractivity contribution >= 4 is 159 Å². The van der Waals surface area contributed by atoms with Gasteiger partial charge in [-0.2, -0.15) is 0 Å². The van der Waals surface area contributed by atoms with E-state index in [1.54, 1.807) is 0 Å². The van der Waals surface area contributed by atoms with Crippen molar-refractivity contribution in [2.45, 2.75) is 9.02 Å². The fraction of sp³-hybridized carbons (Fsp3) is 0.0769. The molecule has 0 radical (unpaired) electrons. The van der Waals surface area contributed by atoms with Crippen molar-refractivity contribution in [1.29, 1.82) is 0 Å². The van der Waals surface area contributed by atoms with Crippen molar-refractivity contribution in [1.82, 2.24) is 0 Å². The predicted octanol–water partition coefficient (Wildman–Crippen LogP) is 13.7. The van der Waals surface area contributed by atoms with Crippen LogP contribution >= 0.6 is 159 Å². The lowest BCUT2D eigenvalue weighted by Gasteiger charge is -2.40. The van der Waals surface area contributed by atoms with Crippen molar-refractivity contribution in [2.75, 3.05) is 0 Å². The zero-order valence-electron chi connectivity index (χ0n) is 18.1. The molecule has 0 heterocycles. The van der Waals surface area contributed by atoms with Crippen LogP contribution in [0.25, 0.3) is 0 Å². The Labute approximate surface area is 299 Å². The lowest BCUT2D eigenvalue weighted by Crippen LogP contribution is -2.36. The molecule has 0 aliphatic heterocycles. The molecule has 1 nitrogen and oxygen atoms in total. The van der Waals surface area contributed by atoms with Gasteiger partial charge in [0.05, 0.1) is 0 Å². The number of benzene rings is 4. The second-order valence-electron chi connectivity index (χ2n) is 7.72. The molecule has 0 aliphatic rings. The SMILES string of the molecule is Brc1cc(C(Br)(OC(Br)(c2ccccc2)c2cc(Br)c(Br)c(Br)c2Br)c2ccccc2)c(Br)c(Br)c1Br. The van der Waals surface area contributed by atoms with Crippen molar-refractivity contribution in [3.63, 3.8) is 0 Å². The molecule has 0 amide bonds. The zero-order valence-corrected chi connectivity index (χ0v) is 34.0. The normalized spacial score (nSPS) is 14.8. The Bertz CT molecular complexity index is 1350. The van der Waals surface area contributed by atoms with Gasteiger partial charge in [-0.25, -0.2) is 0 Å². The second-order valence-corrected chi connectivity index (χ2v) is 16.4. The topological polar surface area (TPSA) is 9.23 Å². The third-order valence-electron chi connectivity index (χ3n) is 5.47. The number of alkyl halides is 2. The van der Waals surface area contributed by atoms with Crippen LogP contribution in [0.5, 0.6) is 0 Å². The average molecular weight is 1140 g/mol. The summed E-state index contributed by atoms with van der Waals surface area (Å²) in [5.74, 6) is 0. The first kappa shape index (κ1) is 31.6. The first-order chi connectivity index (χ1) is 17.4. The van der Waals surface area contributed by atoms with E-state index in [-0.39, 0.29) is 0 Å². The van der Waals surface area contributed by atoms with E-state index in [0.717, 1.165) is 58.0 Å². The van der Waals surface area contributed by atoms with Gasteiger partial charge in [0.25, 0.3) is 0 Å². The summed E-state index contributed by atoms with van der Waals surface area (Å²) in [5.41, 5.74) is 3.52. The molecule has 0 N–H and O–H groups in total. The summed E-state index contributed by atoms with van der Waals surface area (Å²) >= 11 is 37.9. The van der Waals surface area contributed by atoms with Gasteiger partial charge in [-0.3, -0.25) is 0 Å². The number of hydrogen-bond donors (Lipinski definition) is 0. The Balaban J connectivity index is 2.07. The zero-order chi connectivity index (χ0) is 27.1. The minimum Gasteiger partial charge on any atom is -0.329 e. The fourth-order valence-corrected chi connectivity index (χ4v) is 10.6. The lowest BCUT2D eigenvalue weighted by molar-refractivity contribution is -0.00954. The summed E-state index contributed by atoms with van der Waals surface area (Å²) in [7, 11) is 0. The van der Waals surface area contributed by atoms with Crippen LogP contribution in [-0.4, -0.2) is 0 Å². The van der Waals surface area contributed by atoms with Crippen LogP contribution in [0.2, 0.25) is 0 Å². The molecular weight excluding hydrogens is 1130 g/mol. The number of hydrogen-bond acceptors (Lipinski definition) is 1. The quantitative estimate of drug-likeness (QED) is 0.106. The van der Waals surface area contributed by atoms with Gasteiger partial charge in [0.15, 0.2) is 9.02 Å². The Kier molecular flexibility index (Phi) is 11.0. The maximum atomic E-state index is 7.29. The minimum atomic E-state index is -1.11. The number of halogens is 10. The monoisotopic (exact) mass is 1130 g/mol. The molecule has 0 aliphatic carbocycles. The summed E-state index contributed by atoms with van der Waals surface area (Å²) < 4.78 is 12.0. The molecule has 37 heavy (non-hydrogen) atoms. The van der Waals surface area contributed by atoms with Crippen LogP contribution in [-0.2, 0) is 13.8 Å². The molecule has 0 fully saturated rings. The Morgan fingerprint density at radius 1 is 0.432 bits per heavy atom. The number of ether oxygens (including phenoxy) is 1. The van der Waals surface area contributed by atoms with Gasteiger partial charge in [-0.1, -0.05) is 60.7 Å². The second kappa shape index (κ2) is 12.9. The molecule has 0 saturated carbocycles. The summed E-state index contributed by atoms with van der Waals surface area (Å²) in [6, 6.07) is 24.1. The van der Waals surface area contributed by atoms with Crippen LogP contribution in [0.3, 0.4) is 0 Å². The van der Waals surface area contributed by atoms with Crippen LogP contribution in [0.15, 0.2) is 109 Å². The van der Waals surface area contributed by atoms with Crippen molar-refractivity contribution in [3.8, 4) is 0 Å². The van der Waals surface area contributed by atoms with E-state index in [4.69, 9.17) is 4.74 Å². The van der Waals surface area contributed by atoms with Crippen LogP contribution in [0.1, 0.15) is 22.3 Å². The summed E-state index contributed by atoms with van der Waals surface area (Å²) in [4.78, 5) is 0. The van der Waals surface area contributed by atoms with E-state index in [0.29, 0.717) is 0 Å². The van der Waals surface area contributed by atoms with Gasteiger partial charge >= 0.3 is 0 Å². The first-order valence-electron chi connectivity index (χ1n) is 10.3. The molecule has 0 spiro atoms. The van der Waals surface area contributed by atoms with Crippen molar-refractivity contribution in [2.24, 2.45) is 0 Å². The first-order valence-corrected chi connectivity index (χ1v) is 18.2. The molecule has 4 rings (SSSR count). The van der Waals surface area contributed by atoms with Gasteiger partial charge in [0.1, 0.15) is 0 Å². The molecule has 4 aromatic rings. The Morgan fingerprint density at radius 2 is 0.757 bits per heavy atom. The Morgan fingerprint density at radius 3 is 1.08 bits per heavy atom. The van der Waals surface area contributed by atoms with E-state index in [9.17, 15) is 0 Å². The van der Waals surface area contributed by atoms with Crippen LogP contribution in [0.4, 0.5) is 0 Å². The summed E-state index contributed by atoms with van der Waals surface area (Å²) in [6.45, 7) is 0. The van der Waals surface area contributed by atoms with Crippen molar-refractivity contribution < 1.29 is 4.74 Å². The molecule has 4 aromatic carbocycles. The third kappa shape index (κ3) is 6.22. The van der Waals surface area contributed by atoms with E-state index in [1.807, 2.05) is 72.8 Å². The standard InChI is InChI=1S/C26H12Br10O/c27-17-11-15(19(29)23(33)21(17)31)25(35,13-7-3-1-4-8-13)37-26(36,14-9-5-2-6-10-14)16-12-18(28)22(32)24(34)20(16)30/h1-12H. The Hall–Kier alpha value is 1.64. The van der Waals surface area contributed by atoms with Gasteiger partial charge in [-0.15, -0.1) is 0 Å². The van der Waals surface area contributed by atoms with Crippen LogP contribution < -0.4 is 0 Å². The van der Waals surface area contributed by atoms with E-state index >= 15 is 0 Å². The highest BCUT2D eigenvalue weighted by molar-refractivity contribution is 9.16. The number of rotatable bonds is 6. The van der Waals surface area contributed by atoms with Crippen LogP contribution in [0, 0.1) is 0 Å². The molecule has 0 saturated heterocycles. The molecule has 2 atom stereocenters. The van der Waals surface area contributed by atoms with Gasteiger partial charge in [0, 0.05) is 46.9 Å². The molecular formula is C26H12Br10O. The highest BCUT2D eigenvalue weighted by atomic mass is 79.9. The average Bonchev–Trinajstić information content (AvgIpc) is 2.91. The highest BCUT2D eigenvalue weighted by Gasteiger charge is 2.46. The third-order valence-corrected chi connectivity index (χ3v) is 16.9. The largest absolute Gasteiger partial charge is 0.329 e. The molecule has 11 heteroatoms. The van der Waals surface area contributed by atoms with Gasteiger partial charge < -0.3 is 4.74 Å². The predicted molar refractivity (Wildman–Crippen MR) is 188 cm³/mol.